The summed E-state index contributed by atoms with van der Waals surface area (Å²) in [6, 6.07) is 13.6. The van der Waals surface area contributed by atoms with Crippen LogP contribution in [0.4, 0.5) is 5.69 Å². The average Bonchev–Trinajstić information content (AvgIpc) is 3.29. The van der Waals surface area contributed by atoms with Crippen molar-refractivity contribution in [1.29, 1.82) is 0 Å². The highest BCUT2D eigenvalue weighted by molar-refractivity contribution is 7.12. The van der Waals surface area contributed by atoms with Crippen LogP contribution in [0.25, 0.3) is 16.9 Å². The summed E-state index contributed by atoms with van der Waals surface area (Å²) >= 11 is 1.46. The highest BCUT2D eigenvalue weighted by Crippen LogP contribution is 2.20. The number of hydrogen-bond acceptors (Lipinski definition) is 4. The molecular weight excluding hydrogens is 332 g/mol. The fourth-order valence-electron chi connectivity index (χ4n) is 2.75. The number of pyridine rings is 1. The van der Waals surface area contributed by atoms with Gasteiger partial charge in [0.15, 0.2) is 0 Å². The zero-order chi connectivity index (χ0) is 17.2. The van der Waals surface area contributed by atoms with Gasteiger partial charge >= 0.3 is 0 Å². The number of fused-ring (bicyclic) bond motifs is 1. The number of amides is 1. The average molecular weight is 348 g/mol. The SMILES string of the molecule is CCc1ccsc1C(=O)Nc1ccc(-n2cnc3ccccc32)nc1. The lowest BCUT2D eigenvalue weighted by atomic mass is 10.2. The Labute approximate surface area is 149 Å². The van der Waals surface area contributed by atoms with Crippen molar-refractivity contribution < 1.29 is 4.79 Å². The van der Waals surface area contributed by atoms with E-state index in [0.717, 1.165) is 33.7 Å². The third kappa shape index (κ3) is 2.92. The number of carbonyl (C=O) groups is 1. The van der Waals surface area contributed by atoms with Crippen LogP contribution in [0, 0.1) is 0 Å². The quantitative estimate of drug-likeness (QED) is 0.598. The molecular formula is C19H16N4OS. The molecule has 4 rings (SSSR count). The van der Waals surface area contributed by atoms with Crippen molar-refractivity contribution in [2.24, 2.45) is 0 Å². The Bertz CT molecular complexity index is 1030. The molecule has 1 amide bonds. The number of nitrogens with one attached hydrogen (secondary N) is 1. The second kappa shape index (κ2) is 6.49. The van der Waals surface area contributed by atoms with Crippen LogP contribution in [-0.4, -0.2) is 20.4 Å². The third-order valence-electron chi connectivity index (χ3n) is 4.04. The molecule has 5 nitrogen and oxygen atoms in total. The molecule has 0 aliphatic heterocycles. The number of anilines is 1. The number of aromatic nitrogens is 3. The third-order valence-corrected chi connectivity index (χ3v) is 5.00. The number of carbonyl (C=O) groups excluding carboxylic acids is 1. The molecule has 0 aliphatic rings. The predicted molar refractivity (Wildman–Crippen MR) is 101 cm³/mol. The summed E-state index contributed by atoms with van der Waals surface area (Å²) in [7, 11) is 0. The minimum atomic E-state index is -0.0884. The number of thiophene rings is 1. The van der Waals surface area contributed by atoms with E-state index in [2.05, 4.69) is 15.3 Å². The zero-order valence-corrected chi connectivity index (χ0v) is 14.5. The van der Waals surface area contributed by atoms with Crippen LogP contribution in [0.3, 0.4) is 0 Å². The molecule has 0 aliphatic carbocycles. The van der Waals surface area contributed by atoms with Gasteiger partial charge in [-0.05, 0) is 47.7 Å². The molecule has 25 heavy (non-hydrogen) atoms. The molecule has 0 radical (unpaired) electrons. The molecule has 124 valence electrons. The van der Waals surface area contributed by atoms with Crippen molar-refractivity contribution in [3.8, 4) is 5.82 Å². The van der Waals surface area contributed by atoms with Gasteiger partial charge < -0.3 is 5.32 Å². The molecule has 0 saturated heterocycles. The lowest BCUT2D eigenvalue weighted by Crippen LogP contribution is -2.12. The van der Waals surface area contributed by atoms with Gasteiger partial charge in [0.05, 0.1) is 27.8 Å². The van der Waals surface area contributed by atoms with Gasteiger partial charge in [0.2, 0.25) is 0 Å². The fraction of sp³-hybridized carbons (Fsp3) is 0.105. The van der Waals surface area contributed by atoms with Crippen molar-refractivity contribution in [2.45, 2.75) is 13.3 Å². The van der Waals surface area contributed by atoms with Crippen LogP contribution >= 0.6 is 11.3 Å². The standard InChI is InChI=1S/C19H16N4OS/c1-2-13-9-10-25-18(13)19(24)22-14-7-8-17(20-11-14)23-12-21-15-5-3-4-6-16(15)23/h3-12H,2H2,1H3,(H,22,24). The monoisotopic (exact) mass is 348 g/mol. The van der Waals surface area contributed by atoms with E-state index in [4.69, 9.17) is 0 Å². The molecule has 3 heterocycles. The number of hydrogen-bond donors (Lipinski definition) is 1. The van der Waals surface area contributed by atoms with E-state index in [0.29, 0.717) is 5.69 Å². The first-order valence-electron chi connectivity index (χ1n) is 8.02. The molecule has 6 heteroatoms. The van der Waals surface area contributed by atoms with E-state index in [9.17, 15) is 4.79 Å². The van der Waals surface area contributed by atoms with Gasteiger partial charge in [0.1, 0.15) is 12.1 Å². The molecule has 3 aromatic heterocycles. The van der Waals surface area contributed by atoms with Crippen LogP contribution in [0.1, 0.15) is 22.2 Å². The summed E-state index contributed by atoms with van der Waals surface area (Å²) in [6.45, 7) is 2.05. The first kappa shape index (κ1) is 15.5. The number of para-hydroxylation sites is 2. The highest BCUT2D eigenvalue weighted by atomic mass is 32.1. The van der Waals surface area contributed by atoms with E-state index < -0.39 is 0 Å². The fourth-order valence-corrected chi connectivity index (χ4v) is 3.64. The van der Waals surface area contributed by atoms with E-state index in [1.165, 1.54) is 11.3 Å². The number of imidazole rings is 1. The second-order valence-corrected chi connectivity index (χ2v) is 6.51. The van der Waals surface area contributed by atoms with Crippen molar-refractivity contribution in [3.05, 3.63) is 70.8 Å². The number of nitrogens with zero attached hydrogens (tertiary/aromatic N) is 3. The number of rotatable bonds is 4. The first-order chi connectivity index (χ1) is 12.3. The summed E-state index contributed by atoms with van der Waals surface area (Å²) in [5.74, 6) is 0.673. The van der Waals surface area contributed by atoms with Gasteiger partial charge in [-0.1, -0.05) is 19.1 Å². The molecule has 0 unspecified atom stereocenters. The van der Waals surface area contributed by atoms with Crippen molar-refractivity contribution in [2.75, 3.05) is 5.32 Å². The molecule has 0 spiro atoms. The molecule has 0 saturated carbocycles. The minimum Gasteiger partial charge on any atom is -0.320 e. The van der Waals surface area contributed by atoms with Gasteiger partial charge in [-0.3, -0.25) is 9.36 Å². The Balaban J connectivity index is 1.57. The van der Waals surface area contributed by atoms with E-state index in [-0.39, 0.29) is 5.91 Å². The van der Waals surface area contributed by atoms with Crippen LogP contribution in [0.5, 0.6) is 0 Å². The smallest absolute Gasteiger partial charge is 0.266 e. The van der Waals surface area contributed by atoms with Crippen molar-refractivity contribution in [3.63, 3.8) is 0 Å². The van der Waals surface area contributed by atoms with E-state index >= 15 is 0 Å². The maximum Gasteiger partial charge on any atom is 0.266 e. The minimum absolute atomic E-state index is 0.0884. The molecule has 1 N–H and O–H groups in total. The van der Waals surface area contributed by atoms with Crippen LogP contribution < -0.4 is 5.32 Å². The maximum atomic E-state index is 12.4. The second-order valence-electron chi connectivity index (χ2n) is 5.59. The lowest BCUT2D eigenvalue weighted by Gasteiger charge is -2.07. The van der Waals surface area contributed by atoms with Crippen molar-refractivity contribution >= 4 is 34.0 Å². The Morgan fingerprint density at radius 1 is 1.16 bits per heavy atom. The summed E-state index contributed by atoms with van der Waals surface area (Å²) in [5.41, 5.74) is 3.66. The van der Waals surface area contributed by atoms with Gasteiger partial charge in [-0.2, -0.15) is 0 Å². The summed E-state index contributed by atoms with van der Waals surface area (Å²) in [5, 5.41) is 4.86. The maximum absolute atomic E-state index is 12.4. The number of benzene rings is 1. The topological polar surface area (TPSA) is 59.8 Å². The van der Waals surface area contributed by atoms with Crippen LogP contribution in [-0.2, 0) is 6.42 Å². The lowest BCUT2D eigenvalue weighted by molar-refractivity contribution is 0.102. The molecule has 0 fully saturated rings. The first-order valence-corrected chi connectivity index (χ1v) is 8.90. The largest absolute Gasteiger partial charge is 0.320 e. The van der Waals surface area contributed by atoms with Gasteiger partial charge in [-0.15, -0.1) is 11.3 Å². The Kier molecular flexibility index (Phi) is 4.03. The Morgan fingerprint density at radius 3 is 2.84 bits per heavy atom. The summed E-state index contributed by atoms with van der Waals surface area (Å²) in [6.07, 6.45) is 4.27. The highest BCUT2D eigenvalue weighted by Gasteiger charge is 2.12. The van der Waals surface area contributed by atoms with E-state index in [1.807, 2.05) is 59.3 Å². The molecule has 4 aromatic rings. The van der Waals surface area contributed by atoms with E-state index in [1.54, 1.807) is 12.5 Å². The van der Waals surface area contributed by atoms with Gasteiger partial charge in [0, 0.05) is 0 Å². The van der Waals surface area contributed by atoms with Crippen molar-refractivity contribution in [1.82, 2.24) is 14.5 Å². The number of aryl methyl sites for hydroxylation is 1. The van der Waals surface area contributed by atoms with Crippen LogP contribution in [0.15, 0.2) is 60.4 Å². The predicted octanol–water partition coefficient (Wildman–Crippen LogP) is 4.30. The van der Waals surface area contributed by atoms with Gasteiger partial charge in [0.25, 0.3) is 5.91 Å². The molecule has 1 aromatic carbocycles. The van der Waals surface area contributed by atoms with Gasteiger partial charge in [-0.25, -0.2) is 9.97 Å². The van der Waals surface area contributed by atoms with Crippen LogP contribution in [0.2, 0.25) is 0 Å². The summed E-state index contributed by atoms with van der Waals surface area (Å²) in [4.78, 5) is 22.0. The molecule has 0 bridgehead atoms. The Morgan fingerprint density at radius 2 is 2.04 bits per heavy atom. The zero-order valence-electron chi connectivity index (χ0n) is 13.6. The normalized spacial score (nSPS) is 10.9. The molecule has 0 atom stereocenters. The Hall–Kier alpha value is -2.99. The summed E-state index contributed by atoms with van der Waals surface area (Å²) < 4.78 is 1.93.